The predicted octanol–water partition coefficient (Wildman–Crippen LogP) is 2.30. The number of rotatable bonds is 2. The summed E-state index contributed by atoms with van der Waals surface area (Å²) < 4.78 is 1.12. The van der Waals surface area contributed by atoms with Gasteiger partial charge in [0.15, 0.2) is 0 Å². The number of hydrogen-bond donors (Lipinski definition) is 1. The second-order valence-corrected chi connectivity index (χ2v) is 7.02. The molecule has 1 aromatic carbocycles. The Kier molecular flexibility index (Phi) is 4.46. The van der Waals surface area contributed by atoms with Gasteiger partial charge < -0.3 is 10.0 Å². The minimum Gasteiger partial charge on any atom is -0.395 e. The average molecular weight is 339 g/mol. The molecule has 2 aliphatic heterocycles. The Morgan fingerprint density at radius 2 is 1.90 bits per heavy atom. The van der Waals surface area contributed by atoms with Crippen LogP contribution in [0.2, 0.25) is 0 Å². The molecule has 20 heavy (non-hydrogen) atoms. The van der Waals surface area contributed by atoms with E-state index in [2.05, 4.69) is 57.0 Å². The highest BCUT2D eigenvalue weighted by Crippen LogP contribution is 2.41. The molecule has 0 spiro atoms. The summed E-state index contributed by atoms with van der Waals surface area (Å²) in [5, 5.41) is 9.77. The van der Waals surface area contributed by atoms with Gasteiger partial charge >= 0.3 is 0 Å². The molecule has 0 saturated carbocycles. The van der Waals surface area contributed by atoms with Crippen LogP contribution in [0, 0.1) is 0 Å². The van der Waals surface area contributed by atoms with Crippen LogP contribution in [-0.4, -0.2) is 60.3 Å². The number of nitrogens with zero attached hydrogens (tertiary/aromatic N) is 2. The molecule has 1 N–H and O–H groups in total. The molecule has 2 fully saturated rings. The van der Waals surface area contributed by atoms with Gasteiger partial charge in [-0.2, -0.15) is 0 Å². The summed E-state index contributed by atoms with van der Waals surface area (Å²) in [7, 11) is 2.22. The van der Waals surface area contributed by atoms with Crippen molar-refractivity contribution in [3.8, 4) is 0 Å². The Balaban J connectivity index is 1.83. The quantitative estimate of drug-likeness (QED) is 0.896. The summed E-state index contributed by atoms with van der Waals surface area (Å²) in [6.07, 6.45) is 2.51. The van der Waals surface area contributed by atoms with Crippen LogP contribution >= 0.6 is 15.9 Å². The number of likely N-dealkylation sites (N-methyl/N-ethyl adjacent to an activating group) is 1. The molecule has 0 radical (unpaired) electrons. The molecule has 0 unspecified atom stereocenters. The molecule has 3 atom stereocenters. The van der Waals surface area contributed by atoms with Crippen molar-refractivity contribution in [2.75, 3.05) is 33.3 Å². The van der Waals surface area contributed by atoms with Gasteiger partial charge in [-0.3, -0.25) is 4.90 Å². The number of halogens is 1. The van der Waals surface area contributed by atoms with E-state index in [1.807, 2.05) is 0 Å². The molecule has 0 aromatic heterocycles. The van der Waals surface area contributed by atoms with Gasteiger partial charge in [0.05, 0.1) is 6.61 Å². The summed E-state index contributed by atoms with van der Waals surface area (Å²) in [4.78, 5) is 4.96. The van der Waals surface area contributed by atoms with Crippen molar-refractivity contribution < 1.29 is 5.11 Å². The molecule has 3 rings (SSSR count). The normalized spacial score (nSPS) is 32.0. The van der Waals surface area contributed by atoms with Crippen LogP contribution in [0.5, 0.6) is 0 Å². The minimum atomic E-state index is 0.265. The van der Waals surface area contributed by atoms with Gasteiger partial charge in [0.25, 0.3) is 0 Å². The van der Waals surface area contributed by atoms with Crippen LogP contribution < -0.4 is 0 Å². The van der Waals surface area contributed by atoms with Crippen LogP contribution in [0.25, 0.3) is 0 Å². The molecule has 110 valence electrons. The second kappa shape index (κ2) is 6.14. The first kappa shape index (κ1) is 14.5. The topological polar surface area (TPSA) is 26.7 Å². The molecule has 2 saturated heterocycles. The van der Waals surface area contributed by atoms with Crippen molar-refractivity contribution in [1.29, 1.82) is 0 Å². The van der Waals surface area contributed by atoms with E-state index in [0.717, 1.165) is 17.6 Å². The van der Waals surface area contributed by atoms with Gasteiger partial charge in [-0.25, -0.2) is 0 Å². The maximum absolute atomic E-state index is 9.77. The number of fused-ring (bicyclic) bond motifs is 1. The third-order valence-corrected chi connectivity index (χ3v) is 5.36. The fourth-order valence-corrected chi connectivity index (χ4v) is 4.06. The molecule has 2 heterocycles. The number of hydrogen-bond acceptors (Lipinski definition) is 3. The van der Waals surface area contributed by atoms with Gasteiger partial charge in [-0.1, -0.05) is 28.1 Å². The molecule has 0 amide bonds. The zero-order chi connectivity index (χ0) is 14.1. The minimum absolute atomic E-state index is 0.265. The highest BCUT2D eigenvalue weighted by Gasteiger charge is 2.48. The number of benzene rings is 1. The van der Waals surface area contributed by atoms with E-state index in [9.17, 15) is 5.11 Å². The van der Waals surface area contributed by atoms with Crippen LogP contribution in [0.1, 0.15) is 24.3 Å². The lowest BCUT2D eigenvalue weighted by Crippen LogP contribution is -2.67. The monoisotopic (exact) mass is 338 g/mol. The first-order valence-electron chi connectivity index (χ1n) is 7.51. The van der Waals surface area contributed by atoms with Crippen LogP contribution in [0.3, 0.4) is 0 Å². The van der Waals surface area contributed by atoms with E-state index in [1.165, 1.54) is 24.9 Å². The number of aliphatic hydroxyl groups is 1. The first-order chi connectivity index (χ1) is 9.70. The Labute approximate surface area is 129 Å². The van der Waals surface area contributed by atoms with Crippen molar-refractivity contribution in [3.63, 3.8) is 0 Å². The van der Waals surface area contributed by atoms with Gasteiger partial charge in [0.1, 0.15) is 0 Å². The Hall–Kier alpha value is -0.420. The molecule has 1 aromatic rings. The maximum Gasteiger partial charge on any atom is 0.0593 e. The summed E-state index contributed by atoms with van der Waals surface area (Å²) >= 11 is 3.50. The summed E-state index contributed by atoms with van der Waals surface area (Å²) in [6.45, 7) is 3.70. The highest BCUT2D eigenvalue weighted by atomic mass is 79.9. The van der Waals surface area contributed by atoms with Crippen molar-refractivity contribution >= 4 is 15.9 Å². The zero-order valence-electron chi connectivity index (χ0n) is 12.0. The SMILES string of the molecule is CN1CCCCN2[C@H](CO)[C@H](c3ccc(Br)cc3)[C@@H]2C1. The fourth-order valence-electron chi connectivity index (χ4n) is 3.80. The lowest BCUT2D eigenvalue weighted by atomic mass is 9.74. The van der Waals surface area contributed by atoms with Gasteiger partial charge in [-0.05, 0) is 50.7 Å². The van der Waals surface area contributed by atoms with Gasteiger partial charge in [0.2, 0.25) is 0 Å². The molecule has 0 bridgehead atoms. The number of aliphatic hydroxyl groups excluding tert-OH is 1. The molecule has 0 aliphatic carbocycles. The smallest absolute Gasteiger partial charge is 0.0593 e. The molecule has 3 nitrogen and oxygen atoms in total. The molecule has 2 aliphatic rings. The van der Waals surface area contributed by atoms with Crippen molar-refractivity contribution in [2.45, 2.75) is 30.8 Å². The highest BCUT2D eigenvalue weighted by molar-refractivity contribution is 9.10. The fraction of sp³-hybridized carbons (Fsp3) is 0.625. The van der Waals surface area contributed by atoms with E-state index < -0.39 is 0 Å². The van der Waals surface area contributed by atoms with Crippen LogP contribution in [0.4, 0.5) is 0 Å². The van der Waals surface area contributed by atoms with E-state index in [1.54, 1.807) is 0 Å². The van der Waals surface area contributed by atoms with Crippen molar-refractivity contribution in [3.05, 3.63) is 34.3 Å². The van der Waals surface area contributed by atoms with Crippen molar-refractivity contribution in [1.82, 2.24) is 9.80 Å². The summed E-state index contributed by atoms with van der Waals surface area (Å²) in [6, 6.07) is 9.48. The summed E-state index contributed by atoms with van der Waals surface area (Å²) in [5.41, 5.74) is 1.36. The lowest BCUT2D eigenvalue weighted by molar-refractivity contribution is -0.0614. The Morgan fingerprint density at radius 3 is 2.60 bits per heavy atom. The molecule has 4 heteroatoms. The predicted molar refractivity (Wildman–Crippen MR) is 85.0 cm³/mol. The Morgan fingerprint density at radius 1 is 1.20 bits per heavy atom. The largest absolute Gasteiger partial charge is 0.395 e. The zero-order valence-corrected chi connectivity index (χ0v) is 13.6. The average Bonchev–Trinajstić information content (AvgIpc) is 2.42. The Bertz CT molecular complexity index is 450. The standard InChI is InChI=1S/C16H23BrN2O/c1-18-8-2-3-9-19-14(10-18)16(15(19)11-20)12-4-6-13(17)7-5-12/h4-7,14-16,20H,2-3,8-11H2,1H3/t14-,15+,16+/m0/s1. The van der Waals surface area contributed by atoms with Gasteiger partial charge in [0, 0.05) is 29.0 Å². The lowest BCUT2D eigenvalue weighted by Gasteiger charge is -2.57. The van der Waals surface area contributed by atoms with E-state index in [0.29, 0.717) is 18.0 Å². The third-order valence-electron chi connectivity index (χ3n) is 4.83. The third kappa shape index (κ3) is 2.67. The van der Waals surface area contributed by atoms with Crippen LogP contribution in [0.15, 0.2) is 28.7 Å². The maximum atomic E-state index is 9.77. The first-order valence-corrected chi connectivity index (χ1v) is 8.30. The molecular weight excluding hydrogens is 316 g/mol. The molecular formula is C16H23BrN2O. The summed E-state index contributed by atoms with van der Waals surface area (Å²) in [5.74, 6) is 0.466. The van der Waals surface area contributed by atoms with E-state index in [-0.39, 0.29) is 6.61 Å². The van der Waals surface area contributed by atoms with Gasteiger partial charge in [-0.15, -0.1) is 0 Å². The van der Waals surface area contributed by atoms with E-state index >= 15 is 0 Å². The second-order valence-electron chi connectivity index (χ2n) is 6.10. The van der Waals surface area contributed by atoms with E-state index in [4.69, 9.17) is 0 Å². The van der Waals surface area contributed by atoms with Crippen LogP contribution in [-0.2, 0) is 0 Å². The van der Waals surface area contributed by atoms with Crippen molar-refractivity contribution in [2.24, 2.45) is 0 Å².